The van der Waals surface area contributed by atoms with Crippen LogP contribution in [0.2, 0.25) is 0 Å². The number of carbonyl (C=O) groups is 1. The number of anilines is 1. The molecule has 0 fully saturated rings. The minimum atomic E-state index is 0.161. The Balaban J connectivity index is 1.77. The second kappa shape index (κ2) is 9.74. The van der Waals surface area contributed by atoms with Crippen molar-refractivity contribution in [1.29, 1.82) is 0 Å². The molecule has 0 radical (unpaired) electrons. The fourth-order valence-corrected chi connectivity index (χ4v) is 3.87. The molecule has 0 saturated heterocycles. The molecule has 0 spiro atoms. The van der Waals surface area contributed by atoms with E-state index in [4.69, 9.17) is 0 Å². The van der Waals surface area contributed by atoms with Crippen molar-refractivity contribution in [3.05, 3.63) is 65.2 Å². The van der Waals surface area contributed by atoms with E-state index in [1.807, 2.05) is 0 Å². The normalized spacial score (nSPS) is 15.0. The highest BCUT2D eigenvalue weighted by atomic mass is 16.1. The minimum absolute atomic E-state index is 0.161. The zero-order chi connectivity index (χ0) is 19.9. The summed E-state index contributed by atoms with van der Waals surface area (Å²) in [6.45, 7) is 4.72. The van der Waals surface area contributed by atoms with E-state index in [0.29, 0.717) is 13.0 Å². The predicted octanol–water partition coefficient (Wildman–Crippen LogP) is 4.16. The van der Waals surface area contributed by atoms with E-state index < -0.39 is 0 Å². The van der Waals surface area contributed by atoms with E-state index in [1.54, 1.807) is 0 Å². The third-order valence-electron chi connectivity index (χ3n) is 5.65. The van der Waals surface area contributed by atoms with Crippen LogP contribution >= 0.6 is 0 Å². The number of unbranched alkanes of at least 4 members (excludes halogenated alkanes) is 1. The van der Waals surface area contributed by atoms with Gasteiger partial charge in [-0.25, -0.2) is 0 Å². The maximum absolute atomic E-state index is 12.2. The van der Waals surface area contributed by atoms with E-state index in [2.05, 4.69) is 84.7 Å². The summed E-state index contributed by atoms with van der Waals surface area (Å²) < 4.78 is 0. The van der Waals surface area contributed by atoms with Crippen molar-refractivity contribution >= 4 is 11.6 Å². The molecule has 1 aliphatic rings. The zero-order valence-electron chi connectivity index (χ0n) is 17.4. The van der Waals surface area contributed by atoms with Crippen LogP contribution in [-0.4, -0.2) is 38.0 Å². The Morgan fingerprint density at radius 3 is 2.50 bits per heavy atom. The second-order valence-electron chi connectivity index (χ2n) is 7.90. The van der Waals surface area contributed by atoms with E-state index in [9.17, 15) is 4.79 Å². The van der Waals surface area contributed by atoms with Gasteiger partial charge in [0.15, 0.2) is 0 Å². The Kier molecular flexibility index (Phi) is 7.10. The Hall–Kier alpha value is -2.33. The van der Waals surface area contributed by atoms with Crippen molar-refractivity contribution in [2.45, 2.75) is 45.2 Å². The molecule has 150 valence electrons. The van der Waals surface area contributed by atoms with Crippen molar-refractivity contribution in [2.24, 2.45) is 0 Å². The largest absolute Gasteiger partial charge is 0.378 e. The van der Waals surface area contributed by atoms with Gasteiger partial charge in [0.25, 0.3) is 0 Å². The van der Waals surface area contributed by atoms with Gasteiger partial charge in [-0.3, -0.25) is 9.69 Å². The number of hydrogen-bond acceptors (Lipinski definition) is 3. The molecule has 28 heavy (non-hydrogen) atoms. The number of fused-ring (bicyclic) bond motifs is 1. The third-order valence-corrected chi connectivity index (χ3v) is 5.65. The molecule has 4 nitrogen and oxygen atoms in total. The molecule has 1 heterocycles. The summed E-state index contributed by atoms with van der Waals surface area (Å²) in [4.78, 5) is 16.8. The lowest BCUT2D eigenvalue weighted by molar-refractivity contribution is -0.121. The highest BCUT2D eigenvalue weighted by molar-refractivity contribution is 5.75. The van der Waals surface area contributed by atoms with Crippen molar-refractivity contribution in [1.82, 2.24) is 10.2 Å². The van der Waals surface area contributed by atoms with Gasteiger partial charge in [0, 0.05) is 45.8 Å². The van der Waals surface area contributed by atoms with Crippen LogP contribution in [0.4, 0.5) is 5.69 Å². The first kappa shape index (κ1) is 20.4. The highest BCUT2D eigenvalue weighted by Crippen LogP contribution is 2.28. The minimum Gasteiger partial charge on any atom is -0.378 e. The number of hydrogen-bond donors (Lipinski definition) is 1. The van der Waals surface area contributed by atoms with E-state index in [0.717, 1.165) is 32.4 Å². The van der Waals surface area contributed by atoms with Gasteiger partial charge in [-0.1, -0.05) is 49.7 Å². The highest BCUT2D eigenvalue weighted by Gasteiger charge is 2.25. The van der Waals surface area contributed by atoms with E-state index in [1.165, 1.54) is 22.4 Å². The molecule has 0 aliphatic carbocycles. The Labute approximate surface area is 169 Å². The molecule has 0 saturated carbocycles. The van der Waals surface area contributed by atoms with Crippen LogP contribution in [0.25, 0.3) is 0 Å². The summed E-state index contributed by atoms with van der Waals surface area (Å²) in [5.74, 6) is 0.161. The van der Waals surface area contributed by atoms with Gasteiger partial charge in [-0.15, -0.1) is 0 Å². The molecule has 1 N–H and O–H groups in total. The van der Waals surface area contributed by atoms with Gasteiger partial charge >= 0.3 is 0 Å². The molecule has 3 rings (SSSR count). The molecule has 0 bridgehead atoms. The summed E-state index contributed by atoms with van der Waals surface area (Å²) in [7, 11) is 4.12. The lowest BCUT2D eigenvalue weighted by atomic mass is 9.96. The maximum Gasteiger partial charge on any atom is 0.220 e. The molecule has 0 unspecified atom stereocenters. The molecule has 4 heteroatoms. The van der Waals surface area contributed by atoms with Crippen LogP contribution in [0, 0.1) is 0 Å². The molecule has 1 amide bonds. The van der Waals surface area contributed by atoms with Crippen molar-refractivity contribution in [3.8, 4) is 0 Å². The van der Waals surface area contributed by atoms with E-state index >= 15 is 0 Å². The van der Waals surface area contributed by atoms with Gasteiger partial charge in [0.1, 0.15) is 0 Å². The number of nitrogens with one attached hydrogen (secondary N) is 1. The van der Waals surface area contributed by atoms with Crippen LogP contribution in [0.5, 0.6) is 0 Å². The topological polar surface area (TPSA) is 35.6 Å². The Morgan fingerprint density at radius 1 is 1.11 bits per heavy atom. The number of amides is 1. The first-order valence-electron chi connectivity index (χ1n) is 10.4. The Bertz CT molecular complexity index is 770. The van der Waals surface area contributed by atoms with E-state index in [-0.39, 0.29) is 11.9 Å². The molecule has 1 atom stereocenters. The lowest BCUT2D eigenvalue weighted by Crippen LogP contribution is -2.40. The fraction of sp³-hybridized carbons (Fsp3) is 0.458. The number of benzene rings is 2. The van der Waals surface area contributed by atoms with Gasteiger partial charge < -0.3 is 10.2 Å². The summed E-state index contributed by atoms with van der Waals surface area (Å²) >= 11 is 0. The molecule has 2 aromatic carbocycles. The lowest BCUT2D eigenvalue weighted by Gasteiger charge is -2.36. The monoisotopic (exact) mass is 379 g/mol. The van der Waals surface area contributed by atoms with Crippen LogP contribution in [0.15, 0.2) is 48.5 Å². The second-order valence-corrected chi connectivity index (χ2v) is 7.90. The standard InChI is InChI=1S/C24H33N3O/c1-4-5-10-24(28)25-17-23(20-11-13-22(14-12-20)26(2)3)27-16-15-19-8-6-7-9-21(19)18-27/h6-9,11-14,23H,4-5,10,15-18H2,1-3H3,(H,25,28)/t23-/m1/s1. The van der Waals surface area contributed by atoms with Crippen LogP contribution in [0.1, 0.15) is 48.9 Å². The molecular formula is C24H33N3O. The van der Waals surface area contributed by atoms with Crippen molar-refractivity contribution in [2.75, 3.05) is 32.1 Å². The Morgan fingerprint density at radius 2 is 1.82 bits per heavy atom. The zero-order valence-corrected chi connectivity index (χ0v) is 17.4. The number of nitrogens with zero attached hydrogens (tertiary/aromatic N) is 2. The van der Waals surface area contributed by atoms with Gasteiger partial charge in [-0.2, -0.15) is 0 Å². The first-order valence-corrected chi connectivity index (χ1v) is 10.4. The van der Waals surface area contributed by atoms with Crippen molar-refractivity contribution in [3.63, 3.8) is 0 Å². The first-order chi connectivity index (χ1) is 13.6. The quantitative estimate of drug-likeness (QED) is 0.748. The summed E-state index contributed by atoms with van der Waals surface area (Å²) in [6, 6.07) is 17.6. The van der Waals surface area contributed by atoms with Gasteiger partial charge in [0.05, 0.1) is 6.04 Å². The summed E-state index contributed by atoms with van der Waals surface area (Å²) in [5.41, 5.74) is 5.31. The molecule has 1 aliphatic heterocycles. The third kappa shape index (κ3) is 5.14. The van der Waals surface area contributed by atoms with Crippen molar-refractivity contribution < 1.29 is 4.79 Å². The van der Waals surface area contributed by atoms with Gasteiger partial charge in [-0.05, 0) is 41.7 Å². The SMILES string of the molecule is CCCCC(=O)NC[C@H](c1ccc(N(C)C)cc1)N1CCc2ccccc2C1. The average molecular weight is 380 g/mol. The molecule has 2 aromatic rings. The number of carbonyl (C=O) groups excluding carboxylic acids is 1. The van der Waals surface area contributed by atoms with Crippen LogP contribution in [-0.2, 0) is 17.8 Å². The maximum atomic E-state index is 12.2. The predicted molar refractivity (Wildman–Crippen MR) is 117 cm³/mol. The average Bonchev–Trinajstić information content (AvgIpc) is 2.72. The summed E-state index contributed by atoms with van der Waals surface area (Å²) in [5, 5.41) is 3.18. The fourth-order valence-electron chi connectivity index (χ4n) is 3.87. The number of rotatable bonds is 8. The summed E-state index contributed by atoms with van der Waals surface area (Å²) in [6.07, 6.45) is 3.68. The van der Waals surface area contributed by atoms with Gasteiger partial charge in [0.2, 0.25) is 5.91 Å². The van der Waals surface area contributed by atoms with Crippen LogP contribution in [0.3, 0.4) is 0 Å². The smallest absolute Gasteiger partial charge is 0.220 e. The molecular weight excluding hydrogens is 346 g/mol. The van der Waals surface area contributed by atoms with Crippen LogP contribution < -0.4 is 10.2 Å². The molecule has 0 aromatic heterocycles.